The minimum absolute atomic E-state index is 1.23. The van der Waals surface area contributed by atoms with Crippen LogP contribution in [0.5, 0.6) is 0 Å². The van der Waals surface area contributed by atoms with Crippen molar-refractivity contribution in [3.05, 3.63) is 12.2 Å². The zero-order valence-electron chi connectivity index (χ0n) is 4.74. The number of alkyl halides is 2. The van der Waals surface area contributed by atoms with Gasteiger partial charge in [0.2, 0.25) is 0 Å². The van der Waals surface area contributed by atoms with E-state index in [1.54, 1.807) is 0 Å². The smallest absolute Gasteiger partial charge is 0.00299 e. The summed E-state index contributed by atoms with van der Waals surface area (Å²) in [5.41, 5.74) is 0. The Morgan fingerprint density at radius 2 is 1.25 bits per heavy atom. The number of allylic oxidation sites excluding steroid dienone is 2. The van der Waals surface area contributed by atoms with E-state index in [4.69, 9.17) is 0 Å². The van der Waals surface area contributed by atoms with Gasteiger partial charge in [-0.15, -0.1) is 0 Å². The van der Waals surface area contributed by atoms with Crippen molar-refractivity contribution in [1.82, 2.24) is 0 Å². The summed E-state index contributed by atoms with van der Waals surface area (Å²) in [6.07, 6.45) is 6.98. The Balaban J connectivity index is 2.83. The molecule has 0 radical (unpaired) electrons. The lowest BCUT2D eigenvalue weighted by atomic mass is 10.4. The molecule has 48 valence electrons. The first-order valence-electron chi connectivity index (χ1n) is 2.68. The third-order valence-corrected chi connectivity index (χ3v) is 1.96. The predicted molar refractivity (Wildman–Crippen MR) is 56.1 cm³/mol. The van der Waals surface area contributed by atoms with Crippen LogP contribution in [0, 0.1) is 0 Å². The van der Waals surface area contributed by atoms with Crippen molar-refractivity contribution in [3.8, 4) is 0 Å². The maximum atomic E-state index is 2.39. The molecule has 0 bridgehead atoms. The summed E-state index contributed by atoms with van der Waals surface area (Å²) in [5, 5.41) is 0. The third-order valence-electron chi connectivity index (χ3n) is 0.718. The highest BCUT2D eigenvalue weighted by atomic mass is 127. The van der Waals surface area contributed by atoms with E-state index in [-0.39, 0.29) is 0 Å². The molecule has 0 N–H and O–H groups in total. The molecule has 8 heavy (non-hydrogen) atoms. The van der Waals surface area contributed by atoms with Gasteiger partial charge in [0.05, 0.1) is 0 Å². The van der Waals surface area contributed by atoms with Crippen LogP contribution in [-0.4, -0.2) is 8.86 Å². The highest BCUT2D eigenvalue weighted by molar-refractivity contribution is 14.1. The molecule has 0 atom stereocenters. The van der Waals surface area contributed by atoms with Crippen LogP contribution in [0.1, 0.15) is 12.8 Å². The van der Waals surface area contributed by atoms with E-state index < -0.39 is 0 Å². The summed E-state index contributed by atoms with van der Waals surface area (Å²) < 4.78 is 2.49. The van der Waals surface area contributed by atoms with E-state index in [2.05, 4.69) is 57.3 Å². The van der Waals surface area contributed by atoms with Crippen molar-refractivity contribution in [1.29, 1.82) is 0 Å². The van der Waals surface area contributed by atoms with Gasteiger partial charge in [0.1, 0.15) is 0 Å². The number of rotatable bonds is 4. The molecule has 0 saturated carbocycles. The molecule has 0 aromatic rings. The van der Waals surface area contributed by atoms with Gasteiger partial charge in [0.15, 0.2) is 0 Å². The van der Waals surface area contributed by atoms with E-state index >= 15 is 0 Å². The molecule has 0 aliphatic carbocycles. The fourth-order valence-electron chi connectivity index (χ4n) is 0.362. The molecule has 0 aliphatic heterocycles. The SMILES string of the molecule is ICC/C=C\CCI. The van der Waals surface area contributed by atoms with Crippen molar-refractivity contribution in [2.45, 2.75) is 12.8 Å². The quantitative estimate of drug-likeness (QED) is 0.420. The normalized spacial score (nSPS) is 10.8. The van der Waals surface area contributed by atoms with E-state index in [1.807, 2.05) is 0 Å². The van der Waals surface area contributed by atoms with Crippen LogP contribution in [0.25, 0.3) is 0 Å². The first-order valence-corrected chi connectivity index (χ1v) is 5.74. The van der Waals surface area contributed by atoms with Crippen molar-refractivity contribution in [2.24, 2.45) is 0 Å². The van der Waals surface area contributed by atoms with E-state index in [0.29, 0.717) is 0 Å². The number of halogens is 2. The minimum Gasteiger partial charge on any atom is -0.0878 e. The Hall–Kier alpha value is 1.20. The predicted octanol–water partition coefficient (Wildman–Crippen LogP) is 3.19. The first kappa shape index (κ1) is 9.20. The molecule has 0 unspecified atom stereocenters. The minimum atomic E-state index is 1.23. The Labute approximate surface area is 78.4 Å². The second kappa shape index (κ2) is 8.20. The van der Waals surface area contributed by atoms with E-state index in [0.717, 1.165) is 0 Å². The van der Waals surface area contributed by atoms with Crippen LogP contribution >= 0.6 is 45.2 Å². The third kappa shape index (κ3) is 7.20. The Kier molecular flexibility index (Phi) is 9.43. The summed E-state index contributed by atoms with van der Waals surface area (Å²) in [4.78, 5) is 0. The molecule has 0 aliphatic rings. The zero-order valence-corrected chi connectivity index (χ0v) is 9.05. The lowest BCUT2D eigenvalue weighted by Gasteiger charge is -1.81. The monoisotopic (exact) mass is 336 g/mol. The van der Waals surface area contributed by atoms with Gasteiger partial charge in [-0.1, -0.05) is 57.3 Å². The van der Waals surface area contributed by atoms with Crippen molar-refractivity contribution >= 4 is 45.2 Å². The first-order chi connectivity index (χ1) is 3.91. The van der Waals surface area contributed by atoms with Crippen LogP contribution in [0.3, 0.4) is 0 Å². The Morgan fingerprint density at radius 1 is 0.875 bits per heavy atom. The molecule has 0 spiro atoms. The lowest BCUT2D eigenvalue weighted by Crippen LogP contribution is -1.67. The van der Waals surface area contributed by atoms with Gasteiger partial charge in [-0.05, 0) is 12.8 Å². The van der Waals surface area contributed by atoms with Crippen molar-refractivity contribution < 1.29 is 0 Å². The van der Waals surface area contributed by atoms with Gasteiger partial charge in [-0.2, -0.15) is 0 Å². The van der Waals surface area contributed by atoms with Crippen LogP contribution in [-0.2, 0) is 0 Å². The zero-order chi connectivity index (χ0) is 6.24. The van der Waals surface area contributed by atoms with Crippen LogP contribution in [0.15, 0.2) is 12.2 Å². The summed E-state index contributed by atoms with van der Waals surface area (Å²) in [6.45, 7) is 0. The van der Waals surface area contributed by atoms with Gasteiger partial charge in [0, 0.05) is 8.86 Å². The van der Waals surface area contributed by atoms with Crippen molar-refractivity contribution in [2.75, 3.05) is 8.86 Å². The molecule has 0 amide bonds. The van der Waals surface area contributed by atoms with Crippen LogP contribution in [0.4, 0.5) is 0 Å². The molecule has 0 heterocycles. The highest BCUT2D eigenvalue weighted by Gasteiger charge is 1.73. The van der Waals surface area contributed by atoms with Gasteiger partial charge >= 0.3 is 0 Å². The highest BCUT2D eigenvalue weighted by Crippen LogP contribution is 1.94. The van der Waals surface area contributed by atoms with E-state index in [1.165, 1.54) is 21.7 Å². The largest absolute Gasteiger partial charge is 0.0878 e. The average Bonchev–Trinajstić information content (AvgIpc) is 1.81. The van der Waals surface area contributed by atoms with Crippen molar-refractivity contribution in [3.63, 3.8) is 0 Å². The Morgan fingerprint density at radius 3 is 1.50 bits per heavy atom. The maximum Gasteiger partial charge on any atom is 0.00299 e. The number of hydrogen-bond donors (Lipinski definition) is 0. The molecular formula is C6H10I2. The van der Waals surface area contributed by atoms with Gasteiger partial charge in [0.25, 0.3) is 0 Å². The molecule has 0 saturated heterocycles. The Bertz CT molecular complexity index is 51.5. The van der Waals surface area contributed by atoms with Crippen LogP contribution in [0.2, 0.25) is 0 Å². The van der Waals surface area contributed by atoms with Gasteiger partial charge in [-0.25, -0.2) is 0 Å². The fraction of sp³-hybridized carbons (Fsp3) is 0.667. The lowest BCUT2D eigenvalue weighted by molar-refractivity contribution is 1.20. The summed E-state index contributed by atoms with van der Waals surface area (Å²) >= 11 is 4.77. The molecule has 0 fully saturated rings. The topological polar surface area (TPSA) is 0 Å². The summed E-state index contributed by atoms with van der Waals surface area (Å²) in [6, 6.07) is 0. The second-order valence-corrected chi connectivity index (χ2v) is 3.58. The molecule has 0 aromatic carbocycles. The second-order valence-electron chi connectivity index (χ2n) is 1.43. The van der Waals surface area contributed by atoms with E-state index in [9.17, 15) is 0 Å². The van der Waals surface area contributed by atoms with Gasteiger partial charge < -0.3 is 0 Å². The number of hydrogen-bond acceptors (Lipinski definition) is 0. The summed E-state index contributed by atoms with van der Waals surface area (Å²) in [5.74, 6) is 0. The molecule has 0 aromatic heterocycles. The molecule has 0 nitrogen and oxygen atoms in total. The molecule has 0 rings (SSSR count). The fourth-order valence-corrected chi connectivity index (χ4v) is 1.08. The van der Waals surface area contributed by atoms with Gasteiger partial charge in [-0.3, -0.25) is 0 Å². The summed E-state index contributed by atoms with van der Waals surface area (Å²) in [7, 11) is 0. The average molecular weight is 336 g/mol. The molecular weight excluding hydrogens is 326 g/mol. The maximum absolute atomic E-state index is 2.39. The van der Waals surface area contributed by atoms with Crippen LogP contribution < -0.4 is 0 Å². The standard InChI is InChI=1S/C6H10I2/c7-5-3-1-2-4-6-8/h1-2H,3-6H2/b2-1-. The molecule has 2 heteroatoms.